The van der Waals surface area contributed by atoms with Crippen LogP contribution in [0, 0.1) is 0 Å². The smallest absolute Gasteiger partial charge is 0.407 e. The standard InChI is InChI=1S/C28H27NO6/c1-33-24-12-11-17(13-25(24)34-2)28(26(30)31)14-18(15-28)29-27(32)35-16-23-21-9-5-3-7-19(21)20-8-4-6-10-22(20)23/h3-13,18,23H,14-16H2,1-2H3,(H,29,32)(H,30,31). The van der Waals surface area contributed by atoms with Gasteiger partial charge in [0.15, 0.2) is 11.5 Å². The number of rotatable bonds is 7. The lowest BCUT2D eigenvalue weighted by molar-refractivity contribution is -0.148. The second-order valence-electron chi connectivity index (χ2n) is 9.03. The minimum atomic E-state index is -1.10. The average molecular weight is 474 g/mol. The van der Waals surface area contributed by atoms with E-state index in [-0.39, 0.29) is 31.4 Å². The van der Waals surface area contributed by atoms with E-state index in [2.05, 4.69) is 29.6 Å². The summed E-state index contributed by atoms with van der Waals surface area (Å²) in [5, 5.41) is 12.8. The van der Waals surface area contributed by atoms with Gasteiger partial charge in [0.25, 0.3) is 0 Å². The van der Waals surface area contributed by atoms with Gasteiger partial charge in [-0.3, -0.25) is 4.79 Å². The quantitative estimate of drug-likeness (QED) is 0.515. The zero-order valence-corrected chi connectivity index (χ0v) is 19.6. The van der Waals surface area contributed by atoms with Crippen LogP contribution in [0.25, 0.3) is 11.1 Å². The first kappa shape index (κ1) is 22.8. The van der Waals surface area contributed by atoms with E-state index in [4.69, 9.17) is 14.2 Å². The third-order valence-corrected chi connectivity index (χ3v) is 7.20. The number of amides is 1. The molecular weight excluding hydrogens is 446 g/mol. The first-order valence-corrected chi connectivity index (χ1v) is 11.5. The van der Waals surface area contributed by atoms with Gasteiger partial charge in [-0.25, -0.2) is 4.79 Å². The summed E-state index contributed by atoms with van der Waals surface area (Å²) in [5.41, 5.74) is 4.13. The zero-order valence-electron chi connectivity index (χ0n) is 19.6. The van der Waals surface area contributed by atoms with Crippen LogP contribution in [0.2, 0.25) is 0 Å². The molecule has 0 saturated heterocycles. The fourth-order valence-electron chi connectivity index (χ4n) is 5.36. The van der Waals surface area contributed by atoms with Crippen molar-refractivity contribution in [3.8, 4) is 22.6 Å². The number of nitrogens with one attached hydrogen (secondary N) is 1. The van der Waals surface area contributed by atoms with E-state index >= 15 is 0 Å². The number of carbonyl (C=O) groups is 2. The lowest BCUT2D eigenvalue weighted by Gasteiger charge is -2.44. The van der Waals surface area contributed by atoms with Crippen LogP contribution < -0.4 is 14.8 Å². The molecule has 7 nitrogen and oxygen atoms in total. The Hall–Kier alpha value is -4.00. The molecule has 0 aliphatic heterocycles. The van der Waals surface area contributed by atoms with Crippen molar-refractivity contribution in [1.29, 1.82) is 0 Å². The van der Waals surface area contributed by atoms with E-state index in [1.165, 1.54) is 14.2 Å². The number of hydrogen-bond donors (Lipinski definition) is 2. The average Bonchev–Trinajstić information content (AvgIpc) is 3.17. The molecular formula is C28H27NO6. The van der Waals surface area contributed by atoms with E-state index < -0.39 is 17.5 Å². The topological polar surface area (TPSA) is 94.1 Å². The van der Waals surface area contributed by atoms with E-state index in [0.717, 1.165) is 22.3 Å². The largest absolute Gasteiger partial charge is 0.493 e. The number of alkyl carbamates (subject to hydrolysis) is 1. The summed E-state index contributed by atoms with van der Waals surface area (Å²) in [7, 11) is 3.04. The summed E-state index contributed by atoms with van der Waals surface area (Å²) in [6, 6.07) is 21.1. The summed E-state index contributed by atoms with van der Waals surface area (Å²) in [4.78, 5) is 24.8. The normalized spacial score (nSPS) is 20.2. The Bertz CT molecular complexity index is 1230. The molecule has 0 atom stereocenters. The molecule has 3 aromatic rings. The zero-order chi connectivity index (χ0) is 24.6. The molecule has 0 aromatic heterocycles. The number of hydrogen-bond acceptors (Lipinski definition) is 5. The molecule has 0 spiro atoms. The maximum atomic E-state index is 12.6. The highest BCUT2D eigenvalue weighted by Gasteiger charge is 2.52. The van der Waals surface area contributed by atoms with Gasteiger partial charge in [0.1, 0.15) is 6.61 Å². The Morgan fingerprint density at radius 2 is 1.51 bits per heavy atom. The number of aliphatic carboxylic acids is 1. The van der Waals surface area contributed by atoms with Crippen molar-refractivity contribution in [2.45, 2.75) is 30.2 Å². The molecule has 0 bridgehead atoms. The predicted octanol–water partition coefficient (Wildman–Crippen LogP) is 4.73. The molecule has 35 heavy (non-hydrogen) atoms. The Morgan fingerprint density at radius 1 is 0.914 bits per heavy atom. The van der Waals surface area contributed by atoms with Gasteiger partial charge in [0, 0.05) is 12.0 Å². The van der Waals surface area contributed by atoms with Crippen molar-refractivity contribution in [3.05, 3.63) is 83.4 Å². The fourth-order valence-corrected chi connectivity index (χ4v) is 5.36. The minimum absolute atomic E-state index is 0.0283. The monoisotopic (exact) mass is 473 g/mol. The number of carboxylic acid groups (broad SMARTS) is 1. The number of carboxylic acids is 1. The molecule has 0 radical (unpaired) electrons. The minimum Gasteiger partial charge on any atom is -0.493 e. The van der Waals surface area contributed by atoms with Crippen molar-refractivity contribution in [3.63, 3.8) is 0 Å². The van der Waals surface area contributed by atoms with Gasteiger partial charge in [-0.05, 0) is 52.8 Å². The lowest BCUT2D eigenvalue weighted by Crippen LogP contribution is -2.57. The van der Waals surface area contributed by atoms with Crippen LogP contribution in [0.15, 0.2) is 66.7 Å². The molecule has 1 fully saturated rings. The van der Waals surface area contributed by atoms with Gasteiger partial charge < -0.3 is 24.6 Å². The van der Waals surface area contributed by atoms with Crippen LogP contribution in [-0.2, 0) is 14.9 Å². The third-order valence-electron chi connectivity index (χ3n) is 7.20. The Labute approximate surface area is 203 Å². The number of fused-ring (bicyclic) bond motifs is 3. The first-order valence-electron chi connectivity index (χ1n) is 11.5. The van der Waals surface area contributed by atoms with Gasteiger partial charge in [0.05, 0.1) is 19.6 Å². The SMILES string of the molecule is COc1ccc(C2(C(=O)O)CC(NC(=O)OCC3c4ccccc4-c4ccccc43)C2)cc1OC. The highest BCUT2D eigenvalue weighted by atomic mass is 16.5. The van der Waals surface area contributed by atoms with Gasteiger partial charge in [-0.1, -0.05) is 54.6 Å². The molecule has 180 valence electrons. The highest BCUT2D eigenvalue weighted by molar-refractivity contribution is 5.84. The Balaban J connectivity index is 1.23. The number of methoxy groups -OCH3 is 2. The summed E-state index contributed by atoms with van der Waals surface area (Å²) in [6.07, 6.45) is -0.00697. The van der Waals surface area contributed by atoms with Crippen LogP contribution in [0.5, 0.6) is 11.5 Å². The predicted molar refractivity (Wildman–Crippen MR) is 130 cm³/mol. The maximum Gasteiger partial charge on any atom is 0.407 e. The van der Waals surface area contributed by atoms with E-state index in [1.54, 1.807) is 18.2 Å². The van der Waals surface area contributed by atoms with Gasteiger partial charge in [-0.15, -0.1) is 0 Å². The summed E-state index contributed by atoms with van der Waals surface area (Å²) in [6.45, 7) is 0.215. The Morgan fingerprint density at radius 3 is 2.09 bits per heavy atom. The molecule has 7 heteroatoms. The third kappa shape index (κ3) is 3.87. The first-order chi connectivity index (χ1) is 17.0. The van der Waals surface area contributed by atoms with Gasteiger partial charge >= 0.3 is 12.1 Å². The van der Waals surface area contributed by atoms with Crippen molar-refractivity contribution < 1.29 is 28.9 Å². The van der Waals surface area contributed by atoms with Crippen LogP contribution in [0.4, 0.5) is 4.79 Å². The van der Waals surface area contributed by atoms with Crippen molar-refractivity contribution >= 4 is 12.1 Å². The fraction of sp³-hybridized carbons (Fsp3) is 0.286. The van der Waals surface area contributed by atoms with Gasteiger partial charge in [0.2, 0.25) is 0 Å². The molecule has 2 aliphatic rings. The van der Waals surface area contributed by atoms with E-state index in [1.807, 2.05) is 24.3 Å². The molecule has 5 rings (SSSR count). The molecule has 2 N–H and O–H groups in total. The molecule has 3 aromatic carbocycles. The summed E-state index contributed by atoms with van der Waals surface area (Å²) >= 11 is 0. The molecule has 0 unspecified atom stereocenters. The van der Waals surface area contributed by atoms with E-state index in [9.17, 15) is 14.7 Å². The van der Waals surface area contributed by atoms with Crippen LogP contribution in [0.1, 0.15) is 35.4 Å². The lowest BCUT2D eigenvalue weighted by atomic mass is 9.61. The van der Waals surface area contributed by atoms with Crippen molar-refractivity contribution in [1.82, 2.24) is 5.32 Å². The summed E-state index contributed by atoms with van der Waals surface area (Å²) in [5.74, 6) is 0.0396. The van der Waals surface area contributed by atoms with Gasteiger partial charge in [-0.2, -0.15) is 0 Å². The second-order valence-corrected chi connectivity index (χ2v) is 9.03. The molecule has 2 aliphatic carbocycles. The van der Waals surface area contributed by atoms with Crippen LogP contribution in [0.3, 0.4) is 0 Å². The van der Waals surface area contributed by atoms with Crippen LogP contribution in [-0.4, -0.2) is 44.0 Å². The summed E-state index contributed by atoms with van der Waals surface area (Å²) < 4.78 is 16.2. The number of carbonyl (C=O) groups excluding carboxylic acids is 1. The van der Waals surface area contributed by atoms with Crippen LogP contribution >= 0.6 is 0 Å². The number of ether oxygens (including phenoxy) is 3. The maximum absolute atomic E-state index is 12.6. The Kier molecular flexibility index (Phi) is 5.84. The van der Waals surface area contributed by atoms with Crippen molar-refractivity contribution in [2.24, 2.45) is 0 Å². The van der Waals surface area contributed by atoms with Crippen molar-refractivity contribution in [2.75, 3.05) is 20.8 Å². The molecule has 0 heterocycles. The van der Waals surface area contributed by atoms with E-state index in [0.29, 0.717) is 17.1 Å². The highest BCUT2D eigenvalue weighted by Crippen LogP contribution is 2.47. The second kappa shape index (κ2) is 8.98. The molecule has 1 amide bonds. The molecule has 1 saturated carbocycles. The number of benzene rings is 3.